The average molecular weight is 418 g/mol. The zero-order chi connectivity index (χ0) is 19.9. The smallest absolute Gasteiger partial charge is 0.243 e. The number of rotatable bonds is 4. The number of hydrogen-bond acceptors (Lipinski definition) is 5. The second-order valence-corrected chi connectivity index (χ2v) is 9.42. The first kappa shape index (κ1) is 19.3. The van der Waals surface area contributed by atoms with Crippen LogP contribution < -0.4 is 0 Å². The van der Waals surface area contributed by atoms with Crippen molar-refractivity contribution in [1.29, 1.82) is 0 Å². The van der Waals surface area contributed by atoms with Crippen LogP contribution in [0.4, 0.5) is 0 Å². The maximum Gasteiger partial charge on any atom is 0.243 e. The molecule has 0 radical (unpaired) electrons. The molecule has 0 amide bonds. The first-order valence-electron chi connectivity index (χ1n) is 9.20. The molecule has 0 atom stereocenters. The van der Waals surface area contributed by atoms with Crippen LogP contribution in [0.3, 0.4) is 0 Å². The average Bonchev–Trinajstić information content (AvgIpc) is 3.00. The number of fused-ring (bicyclic) bond motifs is 1. The fraction of sp³-hybridized carbons (Fsp3) is 0.368. The summed E-state index contributed by atoms with van der Waals surface area (Å²) in [6.07, 6.45) is 1.90. The summed E-state index contributed by atoms with van der Waals surface area (Å²) < 4.78 is 31.8. The summed E-state index contributed by atoms with van der Waals surface area (Å²) in [5.41, 5.74) is 2.89. The van der Waals surface area contributed by atoms with E-state index in [1.807, 2.05) is 48.7 Å². The minimum Gasteiger partial charge on any atom is -0.282 e. The highest BCUT2D eigenvalue weighted by molar-refractivity contribution is 7.89. The van der Waals surface area contributed by atoms with E-state index in [1.165, 1.54) is 0 Å². The van der Waals surface area contributed by atoms with Crippen molar-refractivity contribution in [3.8, 4) is 0 Å². The number of aryl methyl sites for hydroxylation is 2. The van der Waals surface area contributed by atoms with Gasteiger partial charge < -0.3 is 0 Å². The van der Waals surface area contributed by atoms with E-state index in [0.29, 0.717) is 42.5 Å². The largest absolute Gasteiger partial charge is 0.282 e. The van der Waals surface area contributed by atoms with Gasteiger partial charge in [0.2, 0.25) is 14.8 Å². The van der Waals surface area contributed by atoms with Crippen molar-refractivity contribution in [2.75, 3.05) is 26.2 Å². The fourth-order valence-electron chi connectivity index (χ4n) is 3.38. The van der Waals surface area contributed by atoms with E-state index in [4.69, 9.17) is 12.2 Å². The predicted molar refractivity (Wildman–Crippen MR) is 110 cm³/mol. The molecule has 1 fully saturated rings. The summed E-state index contributed by atoms with van der Waals surface area (Å²) in [5.74, 6) is 0. The van der Waals surface area contributed by atoms with E-state index in [0.717, 1.165) is 16.8 Å². The van der Waals surface area contributed by atoms with Crippen LogP contribution in [0, 0.1) is 18.6 Å². The quantitative estimate of drug-likeness (QED) is 0.610. The summed E-state index contributed by atoms with van der Waals surface area (Å²) in [6, 6.07) is 11.1. The Kier molecular flexibility index (Phi) is 5.09. The monoisotopic (exact) mass is 417 g/mol. The van der Waals surface area contributed by atoms with E-state index in [1.54, 1.807) is 21.1 Å². The van der Waals surface area contributed by atoms with Crippen molar-refractivity contribution in [1.82, 2.24) is 23.4 Å². The van der Waals surface area contributed by atoms with Gasteiger partial charge in [-0.3, -0.25) is 9.30 Å². The molecule has 28 heavy (non-hydrogen) atoms. The summed E-state index contributed by atoms with van der Waals surface area (Å²) in [5, 5.41) is 4.54. The maximum absolute atomic E-state index is 13.0. The van der Waals surface area contributed by atoms with Crippen LogP contribution in [-0.2, 0) is 16.7 Å². The zero-order valence-corrected chi connectivity index (χ0v) is 17.6. The van der Waals surface area contributed by atoms with E-state index in [2.05, 4.69) is 10.00 Å². The topological polar surface area (TPSA) is 62.9 Å². The molecule has 1 aliphatic rings. The molecule has 0 aliphatic carbocycles. The highest BCUT2D eigenvalue weighted by Crippen LogP contribution is 2.20. The standard InChI is InChI=1S/C19H23N5O2S2/c1-15-6-7-17(13-16(15)2)28(25,26)22-11-9-21(10-12-22)14-24-19(27)23-8-4-3-5-18(23)20-24/h3-8,13H,9-12,14H2,1-2H3. The van der Waals surface area contributed by atoms with Gasteiger partial charge in [-0.15, -0.1) is 0 Å². The van der Waals surface area contributed by atoms with Crippen molar-refractivity contribution in [3.63, 3.8) is 0 Å². The summed E-state index contributed by atoms with van der Waals surface area (Å²) >= 11 is 5.49. The predicted octanol–water partition coefficient (Wildman–Crippen LogP) is 2.45. The van der Waals surface area contributed by atoms with Crippen LogP contribution in [0.15, 0.2) is 47.5 Å². The number of aromatic nitrogens is 3. The van der Waals surface area contributed by atoms with Crippen molar-refractivity contribution >= 4 is 27.9 Å². The molecule has 3 aromatic rings. The van der Waals surface area contributed by atoms with E-state index < -0.39 is 10.0 Å². The number of pyridine rings is 1. The molecule has 2 aromatic heterocycles. The third kappa shape index (κ3) is 3.50. The van der Waals surface area contributed by atoms with Gasteiger partial charge in [0, 0.05) is 32.4 Å². The van der Waals surface area contributed by atoms with Gasteiger partial charge in [-0.05, 0) is 61.5 Å². The molecule has 0 spiro atoms. The third-order valence-corrected chi connectivity index (χ3v) is 7.57. The summed E-state index contributed by atoms with van der Waals surface area (Å²) in [4.78, 5) is 2.54. The van der Waals surface area contributed by atoms with Gasteiger partial charge in [-0.2, -0.15) is 9.40 Å². The number of benzene rings is 1. The first-order chi connectivity index (χ1) is 13.4. The minimum absolute atomic E-state index is 0.367. The van der Waals surface area contributed by atoms with Crippen molar-refractivity contribution in [3.05, 3.63) is 58.5 Å². The Hall–Kier alpha value is -2.07. The molecule has 9 heteroatoms. The molecule has 1 aromatic carbocycles. The third-order valence-electron chi connectivity index (χ3n) is 5.27. The molecule has 148 valence electrons. The zero-order valence-electron chi connectivity index (χ0n) is 15.9. The first-order valence-corrected chi connectivity index (χ1v) is 11.0. The molecule has 1 aliphatic heterocycles. The van der Waals surface area contributed by atoms with Crippen LogP contribution in [0.25, 0.3) is 5.65 Å². The number of nitrogens with zero attached hydrogens (tertiary/aromatic N) is 5. The molecule has 4 rings (SSSR count). The molecule has 1 saturated heterocycles. The minimum atomic E-state index is -3.47. The second-order valence-electron chi connectivity index (χ2n) is 7.12. The Bertz CT molecular complexity index is 1170. The van der Waals surface area contributed by atoms with Crippen LogP contribution in [-0.4, -0.2) is 58.0 Å². The van der Waals surface area contributed by atoms with Gasteiger partial charge in [0.05, 0.1) is 11.6 Å². The van der Waals surface area contributed by atoms with Gasteiger partial charge in [0.25, 0.3) is 0 Å². The van der Waals surface area contributed by atoms with E-state index in [9.17, 15) is 8.42 Å². The Balaban J connectivity index is 1.46. The Morgan fingerprint density at radius 3 is 2.46 bits per heavy atom. The molecular formula is C19H23N5O2S2. The molecule has 0 N–H and O–H groups in total. The van der Waals surface area contributed by atoms with Gasteiger partial charge in [-0.1, -0.05) is 12.1 Å². The molecular weight excluding hydrogens is 394 g/mol. The van der Waals surface area contributed by atoms with Crippen LogP contribution >= 0.6 is 12.2 Å². The number of piperazine rings is 1. The van der Waals surface area contributed by atoms with E-state index >= 15 is 0 Å². The van der Waals surface area contributed by atoms with Gasteiger partial charge in [0.15, 0.2) is 5.65 Å². The number of hydrogen-bond donors (Lipinski definition) is 0. The highest BCUT2D eigenvalue weighted by Gasteiger charge is 2.29. The summed E-state index contributed by atoms with van der Waals surface area (Å²) in [6.45, 7) is 6.66. The van der Waals surface area contributed by atoms with Gasteiger partial charge >= 0.3 is 0 Å². The van der Waals surface area contributed by atoms with E-state index in [-0.39, 0.29) is 0 Å². The molecule has 7 nitrogen and oxygen atoms in total. The maximum atomic E-state index is 13.0. The summed E-state index contributed by atoms with van der Waals surface area (Å²) in [7, 11) is -3.47. The van der Waals surface area contributed by atoms with Crippen LogP contribution in [0.1, 0.15) is 11.1 Å². The second kappa shape index (κ2) is 7.40. The van der Waals surface area contributed by atoms with Gasteiger partial charge in [-0.25, -0.2) is 13.1 Å². The fourth-order valence-corrected chi connectivity index (χ4v) is 5.15. The Labute approximate surface area is 169 Å². The SMILES string of the molecule is Cc1ccc(S(=O)(=O)N2CCN(Cn3nc4ccccn4c3=S)CC2)cc1C. The van der Waals surface area contributed by atoms with Crippen LogP contribution in [0.2, 0.25) is 0 Å². The van der Waals surface area contributed by atoms with Crippen molar-refractivity contribution < 1.29 is 8.42 Å². The lowest BCUT2D eigenvalue weighted by atomic mass is 10.1. The number of sulfonamides is 1. The van der Waals surface area contributed by atoms with Crippen molar-refractivity contribution in [2.24, 2.45) is 0 Å². The lowest BCUT2D eigenvalue weighted by Crippen LogP contribution is -2.48. The molecule has 0 unspecified atom stereocenters. The van der Waals surface area contributed by atoms with Crippen molar-refractivity contribution in [2.45, 2.75) is 25.4 Å². The molecule has 0 bridgehead atoms. The lowest BCUT2D eigenvalue weighted by Gasteiger charge is -2.33. The Morgan fingerprint density at radius 2 is 1.79 bits per heavy atom. The lowest BCUT2D eigenvalue weighted by molar-refractivity contribution is 0.145. The molecule has 0 saturated carbocycles. The Morgan fingerprint density at radius 1 is 1.04 bits per heavy atom. The highest BCUT2D eigenvalue weighted by atomic mass is 32.2. The van der Waals surface area contributed by atoms with Gasteiger partial charge in [0.1, 0.15) is 0 Å². The van der Waals surface area contributed by atoms with Crippen LogP contribution in [0.5, 0.6) is 0 Å². The molecule has 3 heterocycles. The normalized spacial score (nSPS) is 16.6.